The summed E-state index contributed by atoms with van der Waals surface area (Å²) in [6.07, 6.45) is 3.08. The van der Waals surface area contributed by atoms with Crippen LogP contribution in [0, 0.1) is 11.8 Å². The number of aromatic nitrogens is 2. The molecule has 2 aliphatic heterocycles. The lowest BCUT2D eigenvalue weighted by Crippen LogP contribution is -2.44. The highest BCUT2D eigenvalue weighted by Crippen LogP contribution is 2.32. The van der Waals surface area contributed by atoms with Crippen molar-refractivity contribution >= 4 is 22.8 Å². The summed E-state index contributed by atoms with van der Waals surface area (Å²) in [5.74, 6) is 1.13. The highest BCUT2D eigenvalue weighted by molar-refractivity contribution is 6.04. The van der Waals surface area contributed by atoms with Crippen molar-refractivity contribution in [3.63, 3.8) is 0 Å². The Kier molecular flexibility index (Phi) is 4.53. The van der Waals surface area contributed by atoms with Gasteiger partial charge < -0.3 is 15.1 Å². The summed E-state index contributed by atoms with van der Waals surface area (Å²) in [4.78, 5) is 28.5. The van der Waals surface area contributed by atoms with Crippen LogP contribution >= 0.6 is 0 Å². The molecule has 0 bridgehead atoms. The molecular formula is C19H25N5O2. The van der Waals surface area contributed by atoms with Crippen LogP contribution in [0.25, 0.3) is 10.9 Å². The third-order valence-corrected chi connectivity index (χ3v) is 5.89. The van der Waals surface area contributed by atoms with Crippen molar-refractivity contribution in [3.05, 3.63) is 30.0 Å². The number of piperidine rings is 1. The maximum atomic E-state index is 12.9. The molecule has 1 atom stereocenters. The van der Waals surface area contributed by atoms with Crippen molar-refractivity contribution in [2.24, 2.45) is 11.8 Å². The Hall–Kier alpha value is -2.57. The average molecular weight is 355 g/mol. The average Bonchev–Trinajstić information content (AvgIpc) is 3.34. The fraction of sp³-hybridized carbons (Fsp3) is 0.526. The highest BCUT2D eigenvalue weighted by atomic mass is 16.2. The molecule has 3 heterocycles. The van der Waals surface area contributed by atoms with Gasteiger partial charge in [0.1, 0.15) is 0 Å². The van der Waals surface area contributed by atoms with Gasteiger partial charge in [0.05, 0.1) is 5.52 Å². The highest BCUT2D eigenvalue weighted by Gasteiger charge is 2.35. The third kappa shape index (κ3) is 3.02. The summed E-state index contributed by atoms with van der Waals surface area (Å²) >= 11 is 0. The monoisotopic (exact) mass is 355 g/mol. The van der Waals surface area contributed by atoms with E-state index in [0.29, 0.717) is 17.5 Å². The quantitative estimate of drug-likeness (QED) is 0.865. The lowest BCUT2D eigenvalue weighted by Gasteiger charge is -2.34. The summed E-state index contributed by atoms with van der Waals surface area (Å²) < 4.78 is 0. The first-order valence-corrected chi connectivity index (χ1v) is 9.36. The predicted molar refractivity (Wildman–Crippen MR) is 98.9 cm³/mol. The van der Waals surface area contributed by atoms with E-state index in [4.69, 9.17) is 0 Å². The van der Waals surface area contributed by atoms with E-state index < -0.39 is 0 Å². The summed E-state index contributed by atoms with van der Waals surface area (Å²) in [5, 5.41) is 10.8. The lowest BCUT2D eigenvalue weighted by molar-refractivity contribution is 0.0773. The molecule has 2 fully saturated rings. The minimum atomic E-state index is 0.0112. The van der Waals surface area contributed by atoms with Gasteiger partial charge in [-0.05, 0) is 37.2 Å². The van der Waals surface area contributed by atoms with Crippen LogP contribution in [0.3, 0.4) is 0 Å². The molecular weight excluding hydrogens is 330 g/mol. The van der Waals surface area contributed by atoms with E-state index in [1.807, 2.05) is 34.1 Å². The Bertz CT molecular complexity index is 809. The van der Waals surface area contributed by atoms with Crippen LogP contribution in [-0.4, -0.2) is 65.2 Å². The van der Waals surface area contributed by atoms with Gasteiger partial charge in [-0.3, -0.25) is 9.89 Å². The predicted octanol–water partition coefficient (Wildman–Crippen LogP) is 2.08. The topological polar surface area (TPSA) is 81.3 Å². The van der Waals surface area contributed by atoms with Crippen LogP contribution in [-0.2, 0) is 0 Å². The zero-order chi connectivity index (χ0) is 18.1. The molecule has 2 saturated heterocycles. The number of benzene rings is 1. The van der Waals surface area contributed by atoms with E-state index in [9.17, 15) is 9.59 Å². The van der Waals surface area contributed by atoms with Crippen molar-refractivity contribution < 1.29 is 9.59 Å². The number of hydrogen-bond acceptors (Lipinski definition) is 3. The second kappa shape index (κ2) is 6.97. The van der Waals surface area contributed by atoms with Gasteiger partial charge in [0, 0.05) is 38.6 Å². The molecule has 26 heavy (non-hydrogen) atoms. The molecule has 2 aliphatic rings. The van der Waals surface area contributed by atoms with Gasteiger partial charge in [-0.2, -0.15) is 5.10 Å². The molecule has 0 radical (unpaired) electrons. The van der Waals surface area contributed by atoms with Crippen LogP contribution in [0.4, 0.5) is 4.79 Å². The van der Waals surface area contributed by atoms with Gasteiger partial charge in [0.15, 0.2) is 5.69 Å². The molecule has 0 spiro atoms. The normalized spacial score (nSPS) is 21.3. The summed E-state index contributed by atoms with van der Waals surface area (Å²) in [6, 6.07) is 7.75. The van der Waals surface area contributed by atoms with Crippen LogP contribution < -0.4 is 5.32 Å². The summed E-state index contributed by atoms with van der Waals surface area (Å²) in [6.45, 7) is 3.20. The van der Waals surface area contributed by atoms with Crippen molar-refractivity contribution in [1.29, 1.82) is 0 Å². The lowest BCUT2D eigenvalue weighted by atomic mass is 9.84. The third-order valence-electron chi connectivity index (χ3n) is 5.89. The Morgan fingerprint density at radius 1 is 1.08 bits per heavy atom. The van der Waals surface area contributed by atoms with E-state index in [-0.39, 0.29) is 11.9 Å². The smallest absolute Gasteiger partial charge is 0.317 e. The van der Waals surface area contributed by atoms with E-state index >= 15 is 0 Å². The molecule has 0 saturated carbocycles. The number of hydrogen-bond donors (Lipinski definition) is 2. The van der Waals surface area contributed by atoms with Gasteiger partial charge in [0.25, 0.3) is 5.91 Å². The van der Waals surface area contributed by atoms with Crippen LogP contribution in [0.15, 0.2) is 24.3 Å². The first-order valence-electron chi connectivity index (χ1n) is 9.36. The van der Waals surface area contributed by atoms with Crippen molar-refractivity contribution in [1.82, 2.24) is 25.3 Å². The zero-order valence-corrected chi connectivity index (χ0v) is 15.1. The number of nitrogens with one attached hydrogen (secondary N) is 2. The molecule has 4 rings (SSSR count). The Labute approximate surface area is 152 Å². The van der Waals surface area contributed by atoms with Gasteiger partial charge >= 0.3 is 6.03 Å². The number of carbonyl (C=O) groups excluding carboxylic acids is 2. The number of likely N-dealkylation sites (tertiary alicyclic amines) is 2. The molecule has 1 unspecified atom stereocenters. The molecule has 2 aromatic rings. The van der Waals surface area contributed by atoms with E-state index in [2.05, 4.69) is 15.5 Å². The second-order valence-corrected chi connectivity index (χ2v) is 7.30. The van der Waals surface area contributed by atoms with Crippen LogP contribution in [0.1, 0.15) is 29.8 Å². The number of fused-ring (bicyclic) bond motifs is 1. The largest absolute Gasteiger partial charge is 0.341 e. The Balaban J connectivity index is 1.38. The number of amides is 3. The van der Waals surface area contributed by atoms with Gasteiger partial charge in [0.2, 0.25) is 0 Å². The van der Waals surface area contributed by atoms with Crippen LogP contribution in [0.5, 0.6) is 0 Å². The Morgan fingerprint density at radius 2 is 1.77 bits per heavy atom. The second-order valence-electron chi connectivity index (χ2n) is 7.30. The number of carbonyl (C=O) groups is 2. The first kappa shape index (κ1) is 16.9. The number of nitrogens with zero attached hydrogens (tertiary/aromatic N) is 3. The minimum absolute atomic E-state index is 0.0112. The standard InChI is InChI=1S/C19H25N5O2/c1-20-19(26)23-9-6-13(7-10-23)14-8-11-24(12-14)18(25)17-15-4-2-3-5-16(15)21-22-17/h2-5,13-14H,6-12H2,1H3,(H,20,26)(H,21,22). The summed E-state index contributed by atoms with van der Waals surface area (Å²) in [7, 11) is 1.67. The fourth-order valence-electron chi connectivity index (χ4n) is 4.36. The van der Waals surface area contributed by atoms with E-state index in [0.717, 1.165) is 56.3 Å². The SMILES string of the molecule is CNC(=O)N1CCC(C2CCN(C(=O)c3n[nH]c4ccccc34)C2)CC1. The molecule has 7 nitrogen and oxygen atoms in total. The number of H-pyrrole nitrogens is 1. The molecule has 2 N–H and O–H groups in total. The van der Waals surface area contributed by atoms with Crippen molar-refractivity contribution in [3.8, 4) is 0 Å². The van der Waals surface area contributed by atoms with Crippen molar-refractivity contribution in [2.45, 2.75) is 19.3 Å². The van der Waals surface area contributed by atoms with Gasteiger partial charge in [-0.15, -0.1) is 0 Å². The fourth-order valence-corrected chi connectivity index (χ4v) is 4.36. The number of rotatable bonds is 2. The number of urea groups is 1. The molecule has 0 aliphatic carbocycles. The zero-order valence-electron chi connectivity index (χ0n) is 15.1. The molecule has 7 heteroatoms. The molecule has 138 valence electrons. The molecule has 1 aromatic carbocycles. The molecule has 3 amide bonds. The maximum Gasteiger partial charge on any atom is 0.317 e. The van der Waals surface area contributed by atoms with Gasteiger partial charge in [-0.1, -0.05) is 18.2 Å². The minimum Gasteiger partial charge on any atom is -0.341 e. The summed E-state index contributed by atoms with van der Waals surface area (Å²) in [5.41, 5.74) is 1.42. The number of aromatic amines is 1. The first-order chi connectivity index (χ1) is 12.7. The molecule has 1 aromatic heterocycles. The van der Waals surface area contributed by atoms with Gasteiger partial charge in [-0.25, -0.2) is 4.79 Å². The van der Waals surface area contributed by atoms with E-state index in [1.165, 1.54) is 0 Å². The van der Waals surface area contributed by atoms with E-state index in [1.54, 1.807) is 7.05 Å². The maximum absolute atomic E-state index is 12.9. The van der Waals surface area contributed by atoms with Crippen LogP contribution in [0.2, 0.25) is 0 Å². The Morgan fingerprint density at radius 3 is 2.54 bits per heavy atom. The number of para-hydroxylation sites is 1. The van der Waals surface area contributed by atoms with Crippen molar-refractivity contribution in [2.75, 3.05) is 33.2 Å².